The Morgan fingerprint density at radius 3 is 2.58 bits per heavy atom. The molecule has 0 unspecified atom stereocenters. The van der Waals surface area contributed by atoms with Crippen LogP contribution in [0.4, 0.5) is 8.78 Å². The molecule has 0 atom stereocenters. The molecule has 0 amide bonds. The number of halogens is 2. The van der Waals surface area contributed by atoms with Crippen LogP contribution >= 0.6 is 0 Å². The Kier molecular flexibility index (Phi) is 1.34. The molecule has 1 aromatic rings. The van der Waals surface area contributed by atoms with E-state index in [1.165, 1.54) is 0 Å². The molecule has 0 nitrogen and oxygen atoms in total. The lowest BCUT2D eigenvalue weighted by molar-refractivity contribution is 0.0744. The van der Waals surface area contributed by atoms with Gasteiger partial charge in [-0.05, 0) is 11.1 Å². The van der Waals surface area contributed by atoms with Crippen LogP contribution in [0.1, 0.15) is 11.1 Å². The van der Waals surface area contributed by atoms with Crippen LogP contribution < -0.4 is 0 Å². The van der Waals surface area contributed by atoms with Crippen molar-refractivity contribution in [2.45, 2.75) is 12.3 Å². The highest BCUT2D eigenvalue weighted by Crippen LogP contribution is 2.42. The van der Waals surface area contributed by atoms with E-state index in [0.29, 0.717) is 11.1 Å². The lowest BCUT2D eigenvalue weighted by Gasteiger charge is -2.07. The topological polar surface area (TPSA) is 0 Å². The zero-order valence-electron chi connectivity index (χ0n) is 6.48. The van der Waals surface area contributed by atoms with Crippen molar-refractivity contribution in [1.29, 1.82) is 0 Å². The number of benzene rings is 1. The Bertz CT molecular complexity index is 339. The van der Waals surface area contributed by atoms with E-state index >= 15 is 0 Å². The molecule has 0 radical (unpaired) electrons. The SMILES string of the molecule is C=C1c2ccccc2CC1(F)F. The van der Waals surface area contributed by atoms with Crippen LogP contribution in [-0.2, 0) is 6.42 Å². The van der Waals surface area contributed by atoms with Gasteiger partial charge in [-0.1, -0.05) is 30.8 Å². The first-order valence-corrected chi connectivity index (χ1v) is 3.77. The van der Waals surface area contributed by atoms with E-state index in [2.05, 4.69) is 6.58 Å². The van der Waals surface area contributed by atoms with Crippen LogP contribution in [0.2, 0.25) is 0 Å². The van der Waals surface area contributed by atoms with Crippen LogP contribution in [0, 0.1) is 0 Å². The summed E-state index contributed by atoms with van der Waals surface area (Å²) in [6.07, 6.45) is -0.192. The molecule has 0 spiro atoms. The Hall–Kier alpha value is -1.18. The first-order chi connectivity index (χ1) is 5.61. The van der Waals surface area contributed by atoms with Crippen LogP contribution in [0.3, 0.4) is 0 Å². The summed E-state index contributed by atoms with van der Waals surface area (Å²) in [4.78, 5) is 0. The third-order valence-electron chi connectivity index (χ3n) is 2.20. The van der Waals surface area contributed by atoms with Crippen molar-refractivity contribution in [3.8, 4) is 0 Å². The predicted molar refractivity (Wildman–Crippen MR) is 44.1 cm³/mol. The molecule has 12 heavy (non-hydrogen) atoms. The van der Waals surface area contributed by atoms with E-state index < -0.39 is 5.92 Å². The summed E-state index contributed by atoms with van der Waals surface area (Å²) in [7, 11) is 0. The van der Waals surface area contributed by atoms with Gasteiger partial charge in [-0.25, -0.2) is 8.78 Å². The fourth-order valence-electron chi connectivity index (χ4n) is 1.51. The predicted octanol–water partition coefficient (Wildman–Crippen LogP) is 2.89. The second-order valence-electron chi connectivity index (χ2n) is 3.02. The van der Waals surface area contributed by atoms with E-state index in [-0.39, 0.29) is 12.0 Å². The van der Waals surface area contributed by atoms with Crippen LogP contribution in [0.25, 0.3) is 5.57 Å². The fourth-order valence-corrected chi connectivity index (χ4v) is 1.51. The van der Waals surface area contributed by atoms with Gasteiger partial charge in [-0.2, -0.15) is 0 Å². The van der Waals surface area contributed by atoms with Gasteiger partial charge >= 0.3 is 0 Å². The molecule has 0 saturated carbocycles. The Labute approximate surface area is 69.5 Å². The number of alkyl halides is 2. The maximum absolute atomic E-state index is 13.0. The molecule has 0 aromatic heterocycles. The molecule has 2 rings (SSSR count). The summed E-state index contributed by atoms with van der Waals surface area (Å²) in [6.45, 7) is 3.40. The molecule has 62 valence electrons. The smallest absolute Gasteiger partial charge is 0.201 e. The normalized spacial score (nSPS) is 19.3. The maximum Gasteiger partial charge on any atom is 0.277 e. The number of rotatable bonds is 0. The van der Waals surface area contributed by atoms with Gasteiger partial charge < -0.3 is 0 Å². The molecule has 0 bridgehead atoms. The highest BCUT2D eigenvalue weighted by atomic mass is 19.3. The Morgan fingerprint density at radius 1 is 1.25 bits per heavy atom. The molecule has 0 fully saturated rings. The minimum absolute atomic E-state index is 0.0434. The number of fused-ring (bicyclic) bond motifs is 1. The first-order valence-electron chi connectivity index (χ1n) is 3.77. The number of hydrogen-bond donors (Lipinski definition) is 0. The lowest BCUT2D eigenvalue weighted by atomic mass is 10.1. The summed E-state index contributed by atoms with van der Waals surface area (Å²) >= 11 is 0. The number of allylic oxidation sites excluding steroid dienone is 1. The molecule has 1 aliphatic carbocycles. The van der Waals surface area contributed by atoms with Crippen LogP contribution in [-0.4, -0.2) is 5.92 Å². The molecule has 0 saturated heterocycles. The fraction of sp³-hybridized carbons (Fsp3) is 0.200. The summed E-state index contributed by atoms with van der Waals surface area (Å²) in [5.41, 5.74) is 1.27. The standard InChI is InChI=1S/C10H8F2/c1-7-9-5-3-2-4-8(9)6-10(7,11)12/h2-5H,1,6H2. The summed E-state index contributed by atoms with van der Waals surface area (Å²) in [5, 5.41) is 0. The minimum Gasteiger partial charge on any atom is -0.201 e. The average Bonchev–Trinajstić information content (AvgIpc) is 2.24. The van der Waals surface area contributed by atoms with E-state index in [4.69, 9.17) is 0 Å². The van der Waals surface area contributed by atoms with Crippen molar-refractivity contribution >= 4 is 5.57 Å². The second-order valence-corrected chi connectivity index (χ2v) is 3.02. The molecular formula is C10H8F2. The molecular weight excluding hydrogens is 158 g/mol. The van der Waals surface area contributed by atoms with Crippen molar-refractivity contribution < 1.29 is 8.78 Å². The maximum atomic E-state index is 13.0. The summed E-state index contributed by atoms with van der Waals surface area (Å²) in [6, 6.07) is 6.94. The monoisotopic (exact) mass is 166 g/mol. The third-order valence-corrected chi connectivity index (χ3v) is 2.20. The van der Waals surface area contributed by atoms with E-state index in [0.717, 1.165) is 0 Å². The van der Waals surface area contributed by atoms with Crippen molar-refractivity contribution in [2.24, 2.45) is 0 Å². The quantitative estimate of drug-likeness (QED) is 0.556. The van der Waals surface area contributed by atoms with Gasteiger partial charge in [0.15, 0.2) is 0 Å². The molecule has 0 heterocycles. The van der Waals surface area contributed by atoms with Crippen molar-refractivity contribution in [2.75, 3.05) is 0 Å². The minimum atomic E-state index is -2.73. The van der Waals surface area contributed by atoms with Gasteiger partial charge in [0.25, 0.3) is 5.92 Å². The zero-order chi connectivity index (χ0) is 8.77. The lowest BCUT2D eigenvalue weighted by Crippen LogP contribution is -2.13. The molecule has 0 aliphatic heterocycles. The number of hydrogen-bond acceptors (Lipinski definition) is 0. The molecule has 1 aromatic carbocycles. The van der Waals surface area contributed by atoms with Gasteiger partial charge in [0, 0.05) is 12.0 Å². The first kappa shape index (κ1) is 7.47. The molecule has 0 N–H and O–H groups in total. The summed E-state index contributed by atoms with van der Waals surface area (Å²) in [5.74, 6) is -2.73. The third kappa shape index (κ3) is 0.876. The van der Waals surface area contributed by atoms with Gasteiger partial charge in [-0.15, -0.1) is 0 Å². The Balaban J connectivity index is 2.57. The molecule has 2 heteroatoms. The largest absolute Gasteiger partial charge is 0.277 e. The van der Waals surface area contributed by atoms with Gasteiger partial charge in [0.1, 0.15) is 0 Å². The van der Waals surface area contributed by atoms with Crippen molar-refractivity contribution in [1.82, 2.24) is 0 Å². The van der Waals surface area contributed by atoms with E-state index in [9.17, 15) is 8.78 Å². The van der Waals surface area contributed by atoms with E-state index in [1.54, 1.807) is 24.3 Å². The van der Waals surface area contributed by atoms with Crippen molar-refractivity contribution in [3.05, 3.63) is 42.0 Å². The average molecular weight is 166 g/mol. The van der Waals surface area contributed by atoms with Gasteiger partial charge in [0.2, 0.25) is 0 Å². The van der Waals surface area contributed by atoms with Crippen LogP contribution in [0.5, 0.6) is 0 Å². The van der Waals surface area contributed by atoms with Gasteiger partial charge in [-0.3, -0.25) is 0 Å². The highest BCUT2D eigenvalue weighted by molar-refractivity contribution is 5.76. The molecule has 1 aliphatic rings. The highest BCUT2D eigenvalue weighted by Gasteiger charge is 2.40. The summed E-state index contributed by atoms with van der Waals surface area (Å²) < 4.78 is 26.1. The van der Waals surface area contributed by atoms with E-state index in [1.807, 2.05) is 0 Å². The van der Waals surface area contributed by atoms with Crippen molar-refractivity contribution in [3.63, 3.8) is 0 Å². The van der Waals surface area contributed by atoms with Crippen LogP contribution in [0.15, 0.2) is 30.8 Å². The zero-order valence-corrected chi connectivity index (χ0v) is 6.48. The van der Waals surface area contributed by atoms with Gasteiger partial charge in [0.05, 0.1) is 0 Å². The Morgan fingerprint density at radius 2 is 1.92 bits per heavy atom. The second kappa shape index (κ2) is 2.16.